The average molecular weight is 347 g/mol. The number of benzene rings is 2. The van der Waals surface area contributed by atoms with Gasteiger partial charge in [0.25, 0.3) is 0 Å². The van der Waals surface area contributed by atoms with Gasteiger partial charge in [0.1, 0.15) is 0 Å². The number of hydrogen-bond donors (Lipinski definition) is 3. The molecule has 2 aromatic rings. The van der Waals surface area contributed by atoms with E-state index in [9.17, 15) is 13.8 Å². The summed E-state index contributed by atoms with van der Waals surface area (Å²) < 4.78 is 17.0. The number of ether oxygens (including phenoxy) is 1. The van der Waals surface area contributed by atoms with Gasteiger partial charge in [-0.3, -0.25) is 10.1 Å². The zero-order valence-electron chi connectivity index (χ0n) is 12.9. The summed E-state index contributed by atoms with van der Waals surface area (Å²) in [6, 6.07) is 13.3. The molecule has 0 heterocycles. The lowest BCUT2D eigenvalue weighted by Gasteiger charge is -2.07. The fraction of sp³-hybridized carbons (Fsp3) is 0.125. The summed E-state index contributed by atoms with van der Waals surface area (Å²) in [4.78, 5) is 23.5. The van der Waals surface area contributed by atoms with Crippen LogP contribution in [-0.2, 0) is 20.3 Å². The molecule has 0 radical (unpaired) electrons. The van der Waals surface area contributed by atoms with Crippen molar-refractivity contribution in [2.45, 2.75) is 9.79 Å². The van der Waals surface area contributed by atoms with E-state index in [1.54, 1.807) is 48.5 Å². The van der Waals surface area contributed by atoms with Gasteiger partial charge in [-0.2, -0.15) is 0 Å². The van der Waals surface area contributed by atoms with Crippen molar-refractivity contribution in [1.82, 2.24) is 0 Å². The Labute approximate surface area is 141 Å². The number of nitrogens with two attached hydrogens (primary N) is 1. The lowest BCUT2D eigenvalue weighted by Crippen LogP contribution is -2.21. The molecule has 8 heteroatoms. The van der Waals surface area contributed by atoms with Gasteiger partial charge in [-0.15, -0.1) is 0 Å². The first-order chi connectivity index (χ1) is 11.5. The Hall–Kier alpha value is -2.71. The van der Waals surface area contributed by atoms with E-state index in [1.165, 1.54) is 7.11 Å². The summed E-state index contributed by atoms with van der Waals surface area (Å²) in [7, 11) is -0.0975. The molecule has 1 unspecified atom stereocenters. The van der Waals surface area contributed by atoms with Crippen LogP contribution in [0.15, 0.2) is 58.3 Å². The minimum atomic E-state index is -1.37. The number of carbonyl (C=O) groups is 2. The Morgan fingerprint density at radius 2 is 1.42 bits per heavy atom. The van der Waals surface area contributed by atoms with Crippen molar-refractivity contribution in [1.29, 1.82) is 0 Å². The van der Waals surface area contributed by atoms with E-state index >= 15 is 0 Å². The van der Waals surface area contributed by atoms with Crippen molar-refractivity contribution in [3.63, 3.8) is 0 Å². The van der Waals surface area contributed by atoms with Crippen LogP contribution in [0, 0.1) is 0 Å². The molecule has 0 aromatic heterocycles. The minimum Gasteiger partial charge on any atom is -0.453 e. The van der Waals surface area contributed by atoms with Crippen molar-refractivity contribution in [3.8, 4) is 0 Å². The first-order valence-electron chi connectivity index (χ1n) is 7.00. The summed E-state index contributed by atoms with van der Waals surface area (Å²) in [6.07, 6.45) is -0.570. The normalized spacial score (nSPS) is 11.4. The number of amides is 2. The third kappa shape index (κ3) is 4.64. The maximum absolute atomic E-state index is 12.5. The molecule has 0 saturated carbocycles. The summed E-state index contributed by atoms with van der Waals surface area (Å²) in [6.45, 7) is -0.0976. The topological polar surface area (TPSA) is 111 Å². The molecular formula is C16H17N3O4S. The quantitative estimate of drug-likeness (QED) is 0.765. The zero-order chi connectivity index (χ0) is 17.5. The zero-order valence-corrected chi connectivity index (χ0v) is 13.8. The van der Waals surface area contributed by atoms with Gasteiger partial charge < -0.3 is 15.8 Å². The molecule has 7 nitrogen and oxygen atoms in total. The van der Waals surface area contributed by atoms with Gasteiger partial charge in [-0.25, -0.2) is 9.00 Å². The Balaban J connectivity index is 2.08. The fourth-order valence-corrected chi connectivity index (χ4v) is 2.88. The van der Waals surface area contributed by atoms with Crippen molar-refractivity contribution in [3.05, 3.63) is 48.5 Å². The van der Waals surface area contributed by atoms with E-state index in [2.05, 4.69) is 15.4 Å². The number of anilines is 2. The Kier molecular flexibility index (Phi) is 6.05. The Morgan fingerprint density at radius 3 is 1.83 bits per heavy atom. The predicted octanol–water partition coefficient (Wildman–Crippen LogP) is 1.93. The molecule has 0 aliphatic heterocycles. The second kappa shape index (κ2) is 8.23. The van der Waals surface area contributed by atoms with Crippen molar-refractivity contribution < 1.29 is 18.5 Å². The molecule has 0 aliphatic rings. The number of rotatable bonds is 5. The van der Waals surface area contributed by atoms with Gasteiger partial charge in [-0.05, 0) is 48.5 Å². The van der Waals surface area contributed by atoms with Crippen molar-refractivity contribution in [2.75, 3.05) is 24.3 Å². The second-order valence-corrected chi connectivity index (χ2v) is 6.17. The molecule has 0 bridgehead atoms. The van der Waals surface area contributed by atoms with Gasteiger partial charge in [0, 0.05) is 21.2 Å². The van der Waals surface area contributed by atoms with E-state index < -0.39 is 16.9 Å². The maximum Gasteiger partial charge on any atom is 0.411 e. The SMILES string of the molecule is COC(=O)Nc1ccc(S(=O)c2ccc(NC(=O)CN)cc2)cc1. The Bertz CT molecular complexity index is 681. The van der Waals surface area contributed by atoms with Crippen molar-refractivity contribution >= 4 is 34.2 Å². The molecule has 2 amide bonds. The molecule has 126 valence electrons. The Morgan fingerprint density at radius 1 is 0.958 bits per heavy atom. The van der Waals surface area contributed by atoms with Crippen LogP contribution in [0.3, 0.4) is 0 Å². The number of carbonyl (C=O) groups excluding carboxylic acids is 2. The average Bonchev–Trinajstić information content (AvgIpc) is 2.62. The van der Waals surface area contributed by atoms with Crippen LogP contribution in [0.5, 0.6) is 0 Å². The summed E-state index contributed by atoms with van der Waals surface area (Å²) >= 11 is 0. The highest BCUT2D eigenvalue weighted by Crippen LogP contribution is 2.20. The molecule has 0 fully saturated rings. The lowest BCUT2D eigenvalue weighted by atomic mass is 10.3. The summed E-state index contributed by atoms with van der Waals surface area (Å²) in [5.41, 5.74) is 6.36. The third-order valence-corrected chi connectivity index (χ3v) is 4.44. The van der Waals surface area contributed by atoms with E-state index in [0.29, 0.717) is 21.2 Å². The largest absolute Gasteiger partial charge is 0.453 e. The second-order valence-electron chi connectivity index (χ2n) is 4.69. The molecule has 2 rings (SSSR count). The first-order valence-corrected chi connectivity index (χ1v) is 8.15. The van der Waals surface area contributed by atoms with Crippen LogP contribution >= 0.6 is 0 Å². The molecule has 0 saturated heterocycles. The summed E-state index contributed by atoms with van der Waals surface area (Å²) in [5, 5.41) is 5.13. The first kappa shape index (κ1) is 17.6. The molecular weight excluding hydrogens is 330 g/mol. The molecule has 0 spiro atoms. The van der Waals surface area contributed by atoms with Gasteiger partial charge in [0.15, 0.2) is 0 Å². The van der Waals surface area contributed by atoms with Crippen LogP contribution in [-0.4, -0.2) is 29.9 Å². The molecule has 2 aromatic carbocycles. The van der Waals surface area contributed by atoms with E-state index in [4.69, 9.17) is 5.73 Å². The van der Waals surface area contributed by atoms with Gasteiger partial charge in [-0.1, -0.05) is 0 Å². The molecule has 4 N–H and O–H groups in total. The van der Waals surface area contributed by atoms with Crippen LogP contribution in [0.25, 0.3) is 0 Å². The number of methoxy groups -OCH3 is 1. The van der Waals surface area contributed by atoms with Gasteiger partial charge >= 0.3 is 6.09 Å². The van der Waals surface area contributed by atoms with E-state index in [0.717, 1.165) is 0 Å². The monoisotopic (exact) mass is 347 g/mol. The van der Waals surface area contributed by atoms with Crippen LogP contribution < -0.4 is 16.4 Å². The molecule has 0 aliphatic carbocycles. The molecule has 24 heavy (non-hydrogen) atoms. The van der Waals surface area contributed by atoms with Crippen LogP contribution in [0.2, 0.25) is 0 Å². The smallest absolute Gasteiger partial charge is 0.411 e. The number of hydrogen-bond acceptors (Lipinski definition) is 5. The third-order valence-electron chi connectivity index (χ3n) is 3.04. The standard InChI is InChI=1S/C16H17N3O4S/c1-23-16(21)19-12-4-8-14(9-5-12)24(22)13-6-2-11(3-7-13)18-15(20)10-17/h2-9H,10,17H2,1H3,(H,18,20)(H,19,21). The van der Waals surface area contributed by atoms with Gasteiger partial charge in [0.05, 0.1) is 24.5 Å². The minimum absolute atomic E-state index is 0.0976. The van der Waals surface area contributed by atoms with E-state index in [-0.39, 0.29) is 12.5 Å². The maximum atomic E-state index is 12.5. The van der Waals surface area contributed by atoms with Crippen LogP contribution in [0.4, 0.5) is 16.2 Å². The predicted molar refractivity (Wildman–Crippen MR) is 91.3 cm³/mol. The lowest BCUT2D eigenvalue weighted by molar-refractivity contribution is -0.114. The highest BCUT2D eigenvalue weighted by atomic mass is 32.2. The van der Waals surface area contributed by atoms with E-state index in [1.807, 2.05) is 0 Å². The van der Waals surface area contributed by atoms with Crippen LogP contribution in [0.1, 0.15) is 0 Å². The summed E-state index contributed by atoms with van der Waals surface area (Å²) in [5.74, 6) is -0.294. The highest BCUT2D eigenvalue weighted by Gasteiger charge is 2.08. The van der Waals surface area contributed by atoms with Crippen molar-refractivity contribution in [2.24, 2.45) is 5.73 Å². The highest BCUT2D eigenvalue weighted by molar-refractivity contribution is 7.85. The fourth-order valence-electron chi connectivity index (χ4n) is 1.84. The number of nitrogens with one attached hydrogen (secondary N) is 2. The molecule has 1 atom stereocenters. The van der Waals surface area contributed by atoms with Gasteiger partial charge in [0.2, 0.25) is 5.91 Å².